The topological polar surface area (TPSA) is 113 Å². The Morgan fingerprint density at radius 1 is 1.35 bits per heavy atom. The zero-order valence-corrected chi connectivity index (χ0v) is 16.5. The summed E-state index contributed by atoms with van der Waals surface area (Å²) in [5.41, 5.74) is 6.38. The second-order valence-electron chi connectivity index (χ2n) is 5.69. The first-order valence-electron chi connectivity index (χ1n) is 7.65. The van der Waals surface area contributed by atoms with Gasteiger partial charge in [0.05, 0.1) is 31.8 Å². The van der Waals surface area contributed by atoms with Gasteiger partial charge in [0.15, 0.2) is 11.5 Å². The van der Waals surface area contributed by atoms with E-state index in [9.17, 15) is 4.79 Å². The number of hydrogen-bond acceptors (Lipinski definition) is 7. The summed E-state index contributed by atoms with van der Waals surface area (Å²) in [5, 5.41) is 6.92. The van der Waals surface area contributed by atoms with Crippen molar-refractivity contribution in [2.45, 2.75) is 26.4 Å². The van der Waals surface area contributed by atoms with Crippen LogP contribution in [0.4, 0.5) is 0 Å². The summed E-state index contributed by atoms with van der Waals surface area (Å²) in [4.78, 5) is 16.1. The summed E-state index contributed by atoms with van der Waals surface area (Å²) in [7, 11) is 3.01. The number of nitrogens with two attached hydrogens (primary N) is 1. The summed E-state index contributed by atoms with van der Waals surface area (Å²) in [5.74, 6) is 1.21. The maximum absolute atomic E-state index is 11.9. The molecule has 0 saturated heterocycles. The highest BCUT2D eigenvalue weighted by Crippen LogP contribution is 2.38. The van der Waals surface area contributed by atoms with Crippen molar-refractivity contribution in [3.8, 4) is 22.9 Å². The Morgan fingerprint density at radius 2 is 2.04 bits per heavy atom. The molecule has 0 aliphatic rings. The van der Waals surface area contributed by atoms with Crippen LogP contribution >= 0.6 is 24.0 Å². The highest BCUT2D eigenvalue weighted by Gasteiger charge is 2.19. The normalized spacial score (nSPS) is 11.7. The second-order valence-corrected chi connectivity index (χ2v) is 6.10. The van der Waals surface area contributed by atoms with Crippen LogP contribution in [0.5, 0.6) is 11.5 Å². The van der Waals surface area contributed by atoms with Crippen LogP contribution in [0, 0.1) is 5.92 Å². The van der Waals surface area contributed by atoms with Gasteiger partial charge < -0.3 is 25.0 Å². The van der Waals surface area contributed by atoms with E-state index in [2.05, 4.69) is 15.5 Å². The molecule has 26 heavy (non-hydrogen) atoms. The molecule has 0 bridgehead atoms. The Balaban J connectivity index is 0.00000338. The SMILES string of the molecule is COc1cc(-c2noc(CNC(=O)[C@@H](N)C(C)C)n2)cc(Cl)c1OC.Cl. The zero-order valence-electron chi connectivity index (χ0n) is 14.9. The van der Waals surface area contributed by atoms with Crippen molar-refractivity contribution in [3.05, 3.63) is 23.0 Å². The van der Waals surface area contributed by atoms with Crippen LogP contribution in [0.1, 0.15) is 19.7 Å². The van der Waals surface area contributed by atoms with Gasteiger partial charge >= 0.3 is 0 Å². The van der Waals surface area contributed by atoms with Crippen molar-refractivity contribution < 1.29 is 18.8 Å². The molecule has 2 rings (SSSR count). The van der Waals surface area contributed by atoms with E-state index in [1.165, 1.54) is 14.2 Å². The molecule has 0 saturated carbocycles. The molecule has 0 unspecified atom stereocenters. The van der Waals surface area contributed by atoms with Crippen molar-refractivity contribution in [1.29, 1.82) is 0 Å². The van der Waals surface area contributed by atoms with Gasteiger partial charge in [-0.05, 0) is 18.1 Å². The Kier molecular flexibility index (Phi) is 8.13. The lowest BCUT2D eigenvalue weighted by Gasteiger charge is -2.14. The minimum absolute atomic E-state index is 0. The van der Waals surface area contributed by atoms with Crippen molar-refractivity contribution in [2.75, 3.05) is 14.2 Å². The first-order chi connectivity index (χ1) is 11.9. The quantitative estimate of drug-likeness (QED) is 0.728. The van der Waals surface area contributed by atoms with Crippen molar-refractivity contribution in [2.24, 2.45) is 11.7 Å². The van der Waals surface area contributed by atoms with Gasteiger partial charge in [-0.1, -0.05) is 30.6 Å². The number of carbonyl (C=O) groups is 1. The lowest BCUT2D eigenvalue weighted by Crippen LogP contribution is -2.43. The van der Waals surface area contributed by atoms with Crippen LogP contribution < -0.4 is 20.5 Å². The summed E-state index contributed by atoms with van der Waals surface area (Å²) < 4.78 is 15.6. The average Bonchev–Trinajstić information content (AvgIpc) is 3.07. The number of hydrogen-bond donors (Lipinski definition) is 2. The molecule has 144 valence electrons. The number of carbonyl (C=O) groups excluding carboxylic acids is 1. The van der Waals surface area contributed by atoms with Gasteiger partial charge in [0.1, 0.15) is 0 Å². The highest BCUT2D eigenvalue weighted by atomic mass is 35.5. The van der Waals surface area contributed by atoms with Crippen LogP contribution in [0.3, 0.4) is 0 Å². The fourth-order valence-corrected chi connectivity index (χ4v) is 2.36. The number of halogens is 2. The molecule has 1 aromatic heterocycles. The van der Waals surface area contributed by atoms with Gasteiger partial charge in [0.2, 0.25) is 17.6 Å². The predicted octanol–water partition coefficient (Wildman–Crippen LogP) is 2.43. The van der Waals surface area contributed by atoms with Gasteiger partial charge in [-0.25, -0.2) is 0 Å². The second kappa shape index (κ2) is 9.61. The number of rotatable bonds is 7. The fourth-order valence-electron chi connectivity index (χ4n) is 2.07. The van der Waals surface area contributed by atoms with E-state index in [1.54, 1.807) is 12.1 Å². The third kappa shape index (κ3) is 5.00. The van der Waals surface area contributed by atoms with E-state index in [4.69, 9.17) is 31.3 Å². The van der Waals surface area contributed by atoms with Gasteiger partial charge in [-0.15, -0.1) is 12.4 Å². The Hall–Kier alpha value is -2.03. The third-order valence-electron chi connectivity index (χ3n) is 3.59. The first kappa shape index (κ1) is 22.0. The van der Waals surface area contributed by atoms with Crippen molar-refractivity contribution >= 4 is 29.9 Å². The Bertz CT molecular complexity index is 752. The molecule has 0 aliphatic heterocycles. The molecule has 1 aromatic carbocycles. The molecule has 0 radical (unpaired) electrons. The van der Waals surface area contributed by atoms with Gasteiger partial charge in [0.25, 0.3) is 0 Å². The molecule has 10 heteroatoms. The predicted molar refractivity (Wildman–Crippen MR) is 99.8 cm³/mol. The molecular weight excluding hydrogens is 383 g/mol. The maximum Gasteiger partial charge on any atom is 0.246 e. The number of benzene rings is 1. The van der Waals surface area contributed by atoms with E-state index in [1.807, 2.05) is 13.8 Å². The van der Waals surface area contributed by atoms with E-state index < -0.39 is 6.04 Å². The fraction of sp³-hybridized carbons (Fsp3) is 0.438. The lowest BCUT2D eigenvalue weighted by atomic mass is 10.1. The van der Waals surface area contributed by atoms with E-state index in [-0.39, 0.29) is 36.7 Å². The van der Waals surface area contributed by atoms with E-state index >= 15 is 0 Å². The minimum atomic E-state index is -0.591. The largest absolute Gasteiger partial charge is 0.493 e. The summed E-state index contributed by atoms with van der Waals surface area (Å²) >= 11 is 6.18. The van der Waals surface area contributed by atoms with Crippen LogP contribution in [0.2, 0.25) is 5.02 Å². The molecule has 1 heterocycles. The summed E-state index contributed by atoms with van der Waals surface area (Å²) in [6, 6.07) is 2.74. The number of methoxy groups -OCH3 is 2. The molecule has 8 nitrogen and oxygen atoms in total. The third-order valence-corrected chi connectivity index (χ3v) is 3.88. The molecule has 0 fully saturated rings. The number of amides is 1. The lowest BCUT2D eigenvalue weighted by molar-refractivity contribution is -0.123. The smallest absolute Gasteiger partial charge is 0.246 e. The monoisotopic (exact) mass is 404 g/mol. The minimum Gasteiger partial charge on any atom is -0.493 e. The molecule has 3 N–H and O–H groups in total. The standard InChI is InChI=1S/C16H21ClN4O4.ClH/c1-8(2)13(18)16(22)19-7-12-20-15(21-25-12)9-5-10(17)14(24-4)11(6-9)23-3;/h5-6,8,13H,7,18H2,1-4H3,(H,19,22);1H/t13-;/m0./s1. The van der Waals surface area contributed by atoms with Crippen molar-refractivity contribution in [1.82, 2.24) is 15.5 Å². The number of aromatic nitrogens is 2. The van der Waals surface area contributed by atoms with Gasteiger partial charge in [0, 0.05) is 5.56 Å². The average molecular weight is 405 g/mol. The maximum atomic E-state index is 11.9. The summed E-state index contributed by atoms with van der Waals surface area (Å²) in [6.45, 7) is 3.83. The van der Waals surface area contributed by atoms with E-state index in [0.717, 1.165) is 0 Å². The number of ether oxygens (including phenoxy) is 2. The van der Waals surface area contributed by atoms with Gasteiger partial charge in [-0.3, -0.25) is 4.79 Å². The molecule has 0 spiro atoms. The molecule has 0 aliphatic carbocycles. The van der Waals surface area contributed by atoms with Crippen molar-refractivity contribution in [3.63, 3.8) is 0 Å². The van der Waals surface area contributed by atoms with Crippen LogP contribution in [-0.4, -0.2) is 36.3 Å². The molecule has 1 amide bonds. The van der Waals surface area contributed by atoms with Gasteiger partial charge in [-0.2, -0.15) is 4.98 Å². The molecule has 1 atom stereocenters. The first-order valence-corrected chi connectivity index (χ1v) is 8.03. The molecular formula is C16H22Cl2N4O4. The number of nitrogens with one attached hydrogen (secondary N) is 1. The Morgan fingerprint density at radius 3 is 2.62 bits per heavy atom. The molecule has 2 aromatic rings. The highest BCUT2D eigenvalue weighted by molar-refractivity contribution is 6.32. The Labute approximate surface area is 162 Å². The van der Waals surface area contributed by atoms with Crippen LogP contribution in [0.15, 0.2) is 16.7 Å². The van der Waals surface area contributed by atoms with Crippen LogP contribution in [0.25, 0.3) is 11.4 Å². The summed E-state index contributed by atoms with van der Waals surface area (Å²) in [6.07, 6.45) is 0. The van der Waals surface area contributed by atoms with Crippen LogP contribution in [-0.2, 0) is 11.3 Å². The number of nitrogens with zero attached hydrogens (tertiary/aromatic N) is 2. The van der Waals surface area contributed by atoms with E-state index in [0.29, 0.717) is 27.9 Å². The zero-order chi connectivity index (χ0) is 18.6.